The van der Waals surface area contributed by atoms with Crippen LogP contribution in [0.25, 0.3) is 0 Å². The third kappa shape index (κ3) is 3.67. The second-order valence-electron chi connectivity index (χ2n) is 4.75. The molecule has 0 amide bonds. The Kier molecular flexibility index (Phi) is 4.33. The van der Waals surface area contributed by atoms with Gasteiger partial charge in [-0.1, -0.05) is 26.2 Å². The Hall–Kier alpha value is -0.830. The first kappa shape index (κ1) is 12.2. The quantitative estimate of drug-likeness (QED) is 0.732. The number of unbranched alkanes of at least 4 members (excludes halogenated alkanes) is 3. The molecule has 0 aliphatic heterocycles. The summed E-state index contributed by atoms with van der Waals surface area (Å²) in [5, 5.41) is 0. The van der Waals surface area contributed by atoms with Crippen LogP contribution in [-0.2, 0) is 12.1 Å². The Bertz CT molecular complexity index is 283. The maximum atomic E-state index is 6.07. The van der Waals surface area contributed by atoms with Gasteiger partial charge in [0.15, 0.2) is 0 Å². The molecular weight excluding hydrogens is 186 g/mol. The van der Waals surface area contributed by atoms with Crippen molar-refractivity contribution in [2.24, 2.45) is 5.73 Å². The standard InChI is InChI=1S/C12H23N3/c1-4-5-6-7-8-15-10-14-9-11(15)12(2,3)13/h9-10H,4-8,13H2,1-3H3. The molecule has 0 aliphatic carbocycles. The SMILES string of the molecule is CCCCCCn1cncc1C(C)(C)N. The first-order valence-electron chi connectivity index (χ1n) is 5.85. The van der Waals surface area contributed by atoms with E-state index in [0.717, 1.165) is 12.2 Å². The van der Waals surface area contributed by atoms with E-state index >= 15 is 0 Å². The molecule has 0 atom stereocenters. The van der Waals surface area contributed by atoms with E-state index in [2.05, 4.69) is 16.5 Å². The summed E-state index contributed by atoms with van der Waals surface area (Å²) < 4.78 is 2.18. The van der Waals surface area contributed by atoms with Gasteiger partial charge in [-0.15, -0.1) is 0 Å². The zero-order chi connectivity index (χ0) is 11.3. The topological polar surface area (TPSA) is 43.8 Å². The maximum absolute atomic E-state index is 6.07. The van der Waals surface area contributed by atoms with E-state index < -0.39 is 0 Å². The van der Waals surface area contributed by atoms with Crippen LogP contribution >= 0.6 is 0 Å². The molecule has 1 aromatic heterocycles. The zero-order valence-electron chi connectivity index (χ0n) is 10.2. The molecule has 0 unspecified atom stereocenters. The minimum Gasteiger partial charge on any atom is -0.333 e. The van der Waals surface area contributed by atoms with E-state index in [9.17, 15) is 0 Å². The van der Waals surface area contributed by atoms with Crippen LogP contribution in [0.2, 0.25) is 0 Å². The van der Waals surface area contributed by atoms with Gasteiger partial charge >= 0.3 is 0 Å². The Labute approximate surface area is 92.7 Å². The fourth-order valence-electron chi connectivity index (χ4n) is 1.74. The first-order chi connectivity index (χ1) is 7.05. The van der Waals surface area contributed by atoms with Crippen molar-refractivity contribution in [3.63, 3.8) is 0 Å². The summed E-state index contributed by atoms with van der Waals surface area (Å²) in [6.07, 6.45) is 8.86. The van der Waals surface area contributed by atoms with Crippen LogP contribution in [-0.4, -0.2) is 9.55 Å². The van der Waals surface area contributed by atoms with Crippen molar-refractivity contribution in [3.05, 3.63) is 18.2 Å². The fourth-order valence-corrected chi connectivity index (χ4v) is 1.74. The van der Waals surface area contributed by atoms with Gasteiger partial charge in [0, 0.05) is 12.7 Å². The lowest BCUT2D eigenvalue weighted by Gasteiger charge is -2.20. The van der Waals surface area contributed by atoms with Crippen LogP contribution in [0.5, 0.6) is 0 Å². The molecule has 3 nitrogen and oxygen atoms in total. The molecule has 0 fully saturated rings. The lowest BCUT2D eigenvalue weighted by molar-refractivity contribution is 0.477. The second kappa shape index (κ2) is 5.31. The van der Waals surface area contributed by atoms with Crippen LogP contribution in [0, 0.1) is 0 Å². The van der Waals surface area contributed by atoms with Crippen molar-refractivity contribution in [2.45, 2.75) is 58.5 Å². The summed E-state index contributed by atoms with van der Waals surface area (Å²) in [6.45, 7) is 7.31. The summed E-state index contributed by atoms with van der Waals surface area (Å²) in [5.41, 5.74) is 6.91. The molecule has 2 N–H and O–H groups in total. The van der Waals surface area contributed by atoms with Crippen LogP contribution in [0.15, 0.2) is 12.5 Å². The van der Waals surface area contributed by atoms with Crippen LogP contribution in [0.3, 0.4) is 0 Å². The summed E-state index contributed by atoms with van der Waals surface area (Å²) in [5.74, 6) is 0. The van der Waals surface area contributed by atoms with Gasteiger partial charge in [0.05, 0.1) is 17.6 Å². The predicted octanol–water partition coefficient (Wildman–Crippen LogP) is 2.66. The van der Waals surface area contributed by atoms with E-state index in [4.69, 9.17) is 5.73 Å². The van der Waals surface area contributed by atoms with Gasteiger partial charge in [0.2, 0.25) is 0 Å². The summed E-state index contributed by atoms with van der Waals surface area (Å²) in [4.78, 5) is 4.17. The molecule has 1 heterocycles. The Morgan fingerprint density at radius 2 is 2.07 bits per heavy atom. The van der Waals surface area contributed by atoms with Gasteiger partial charge in [0.25, 0.3) is 0 Å². The lowest BCUT2D eigenvalue weighted by Crippen LogP contribution is -2.31. The zero-order valence-corrected chi connectivity index (χ0v) is 10.2. The minimum absolute atomic E-state index is 0.290. The highest BCUT2D eigenvalue weighted by Gasteiger charge is 2.18. The molecule has 1 rings (SSSR count). The first-order valence-corrected chi connectivity index (χ1v) is 5.85. The molecule has 1 aromatic rings. The van der Waals surface area contributed by atoms with Gasteiger partial charge in [-0.2, -0.15) is 0 Å². The molecule has 0 aliphatic rings. The molecule has 0 bridgehead atoms. The molecule has 0 aromatic carbocycles. The van der Waals surface area contributed by atoms with Gasteiger partial charge in [-0.3, -0.25) is 0 Å². The Balaban J connectivity index is 2.51. The van der Waals surface area contributed by atoms with E-state index in [-0.39, 0.29) is 5.54 Å². The van der Waals surface area contributed by atoms with Crippen LogP contribution in [0.4, 0.5) is 0 Å². The number of nitrogens with zero attached hydrogens (tertiary/aromatic N) is 2. The average molecular weight is 209 g/mol. The van der Waals surface area contributed by atoms with Crippen molar-refractivity contribution in [1.82, 2.24) is 9.55 Å². The Morgan fingerprint density at radius 3 is 2.67 bits per heavy atom. The van der Waals surface area contributed by atoms with Crippen molar-refractivity contribution in [2.75, 3.05) is 0 Å². The number of aromatic nitrogens is 2. The Morgan fingerprint density at radius 1 is 1.33 bits per heavy atom. The highest BCUT2D eigenvalue weighted by atomic mass is 15.1. The fraction of sp³-hybridized carbons (Fsp3) is 0.750. The predicted molar refractivity (Wildman–Crippen MR) is 63.6 cm³/mol. The van der Waals surface area contributed by atoms with Gasteiger partial charge in [-0.25, -0.2) is 4.98 Å². The van der Waals surface area contributed by atoms with E-state index in [0.29, 0.717) is 0 Å². The number of aryl methyl sites for hydroxylation is 1. The second-order valence-corrected chi connectivity index (χ2v) is 4.75. The van der Waals surface area contributed by atoms with Crippen LogP contribution in [0.1, 0.15) is 52.1 Å². The molecule has 0 radical (unpaired) electrons. The number of hydrogen-bond acceptors (Lipinski definition) is 2. The van der Waals surface area contributed by atoms with Gasteiger partial charge in [-0.05, 0) is 20.3 Å². The van der Waals surface area contributed by atoms with E-state index in [1.807, 2.05) is 26.4 Å². The third-order valence-corrected chi connectivity index (χ3v) is 2.63. The summed E-state index contributed by atoms with van der Waals surface area (Å²) in [6, 6.07) is 0. The smallest absolute Gasteiger partial charge is 0.0948 e. The molecule has 15 heavy (non-hydrogen) atoms. The number of hydrogen-bond donors (Lipinski definition) is 1. The lowest BCUT2D eigenvalue weighted by atomic mass is 10.0. The van der Waals surface area contributed by atoms with Gasteiger partial charge in [0.1, 0.15) is 0 Å². The molecule has 0 saturated carbocycles. The molecular formula is C12H23N3. The molecule has 0 saturated heterocycles. The average Bonchev–Trinajstić information content (AvgIpc) is 2.59. The monoisotopic (exact) mass is 209 g/mol. The highest BCUT2D eigenvalue weighted by Crippen LogP contribution is 2.16. The van der Waals surface area contributed by atoms with Crippen molar-refractivity contribution >= 4 is 0 Å². The number of nitrogens with two attached hydrogens (primary N) is 1. The van der Waals surface area contributed by atoms with Gasteiger partial charge < -0.3 is 10.3 Å². The largest absolute Gasteiger partial charge is 0.333 e. The highest BCUT2D eigenvalue weighted by molar-refractivity contribution is 5.09. The van der Waals surface area contributed by atoms with E-state index in [1.165, 1.54) is 25.7 Å². The number of imidazole rings is 1. The van der Waals surface area contributed by atoms with Crippen molar-refractivity contribution < 1.29 is 0 Å². The van der Waals surface area contributed by atoms with Crippen molar-refractivity contribution in [1.29, 1.82) is 0 Å². The molecule has 0 spiro atoms. The molecule has 3 heteroatoms. The van der Waals surface area contributed by atoms with Crippen LogP contribution < -0.4 is 5.73 Å². The third-order valence-electron chi connectivity index (χ3n) is 2.63. The summed E-state index contributed by atoms with van der Waals surface area (Å²) >= 11 is 0. The minimum atomic E-state index is -0.290. The number of rotatable bonds is 6. The maximum Gasteiger partial charge on any atom is 0.0948 e. The van der Waals surface area contributed by atoms with Crippen molar-refractivity contribution in [3.8, 4) is 0 Å². The summed E-state index contributed by atoms with van der Waals surface area (Å²) in [7, 11) is 0. The molecule has 86 valence electrons. The normalized spacial score (nSPS) is 12.0. The van der Waals surface area contributed by atoms with E-state index in [1.54, 1.807) is 0 Å².